The number of carboxylic acid groups (broad SMARTS) is 1. The molecule has 1 amide bonds. The van der Waals surface area contributed by atoms with Crippen molar-refractivity contribution in [3.63, 3.8) is 0 Å². The SMILES string of the molecule is CCN(C(=O)c1cc(Cl)c(Cl)[nH]1)C(C)(C)C(=O)O. The minimum absolute atomic E-state index is 0.157. The number of hydrogen-bond acceptors (Lipinski definition) is 2. The summed E-state index contributed by atoms with van der Waals surface area (Å²) in [6.07, 6.45) is 0. The minimum Gasteiger partial charge on any atom is -0.480 e. The molecule has 0 radical (unpaired) electrons. The number of nitrogens with zero attached hydrogens (tertiary/aromatic N) is 1. The van der Waals surface area contributed by atoms with Crippen LogP contribution >= 0.6 is 23.2 Å². The number of rotatable bonds is 4. The quantitative estimate of drug-likeness (QED) is 0.896. The second kappa shape index (κ2) is 5.20. The number of H-pyrrole nitrogens is 1. The van der Waals surface area contributed by atoms with Gasteiger partial charge in [0.15, 0.2) is 0 Å². The van der Waals surface area contributed by atoms with Gasteiger partial charge in [0.05, 0.1) is 5.02 Å². The lowest BCUT2D eigenvalue weighted by Gasteiger charge is -2.33. The average molecular weight is 293 g/mol. The molecular weight excluding hydrogens is 279 g/mol. The number of carbonyl (C=O) groups is 2. The van der Waals surface area contributed by atoms with Gasteiger partial charge in [-0.2, -0.15) is 0 Å². The fourth-order valence-electron chi connectivity index (χ4n) is 1.57. The van der Waals surface area contributed by atoms with Crippen molar-refractivity contribution in [2.45, 2.75) is 26.3 Å². The molecule has 0 aliphatic rings. The first-order valence-electron chi connectivity index (χ1n) is 5.31. The number of likely N-dealkylation sites (N-methyl/N-ethyl adjacent to an activating group) is 1. The largest absolute Gasteiger partial charge is 0.480 e. The Morgan fingerprint density at radius 1 is 1.44 bits per heavy atom. The van der Waals surface area contributed by atoms with Crippen LogP contribution in [0.25, 0.3) is 0 Å². The van der Waals surface area contributed by atoms with Crippen LogP contribution in [0.2, 0.25) is 10.2 Å². The summed E-state index contributed by atoms with van der Waals surface area (Å²) in [5.41, 5.74) is -1.14. The summed E-state index contributed by atoms with van der Waals surface area (Å²) in [4.78, 5) is 27.2. The maximum Gasteiger partial charge on any atom is 0.329 e. The molecule has 0 aliphatic carbocycles. The van der Waals surface area contributed by atoms with Gasteiger partial charge < -0.3 is 15.0 Å². The number of carbonyl (C=O) groups excluding carboxylic acids is 1. The second-order valence-corrected chi connectivity index (χ2v) is 5.04. The number of amides is 1. The van der Waals surface area contributed by atoms with Crippen molar-refractivity contribution in [1.82, 2.24) is 9.88 Å². The molecule has 1 heterocycles. The number of aromatic amines is 1. The van der Waals surface area contributed by atoms with Gasteiger partial charge in [0.25, 0.3) is 5.91 Å². The van der Waals surface area contributed by atoms with Gasteiger partial charge in [-0.3, -0.25) is 4.79 Å². The number of carboxylic acids is 1. The predicted octanol–water partition coefficient (Wildman–Crippen LogP) is 2.65. The van der Waals surface area contributed by atoms with E-state index in [2.05, 4.69) is 4.98 Å². The van der Waals surface area contributed by atoms with Crippen molar-refractivity contribution < 1.29 is 14.7 Å². The van der Waals surface area contributed by atoms with E-state index in [-0.39, 0.29) is 22.4 Å². The number of halogens is 2. The van der Waals surface area contributed by atoms with Gasteiger partial charge in [-0.15, -0.1) is 0 Å². The minimum atomic E-state index is -1.31. The Balaban J connectivity index is 3.10. The standard InChI is InChI=1S/C11H14Cl2N2O3/c1-4-15(11(2,3)10(17)18)9(16)7-5-6(12)8(13)14-7/h5,14H,4H2,1-3H3,(H,17,18). The molecular formula is C11H14Cl2N2O3. The van der Waals surface area contributed by atoms with Crippen molar-refractivity contribution in [3.8, 4) is 0 Å². The van der Waals surface area contributed by atoms with Crippen molar-refractivity contribution in [2.75, 3.05) is 6.54 Å². The summed E-state index contributed by atoms with van der Waals surface area (Å²) >= 11 is 11.5. The molecule has 0 fully saturated rings. The lowest BCUT2D eigenvalue weighted by Crippen LogP contribution is -2.53. The molecule has 1 rings (SSSR count). The molecule has 0 atom stereocenters. The van der Waals surface area contributed by atoms with Crippen molar-refractivity contribution >= 4 is 35.1 Å². The molecule has 18 heavy (non-hydrogen) atoms. The van der Waals surface area contributed by atoms with Gasteiger partial charge in [0, 0.05) is 6.54 Å². The lowest BCUT2D eigenvalue weighted by atomic mass is 10.0. The van der Waals surface area contributed by atoms with Crippen molar-refractivity contribution in [3.05, 3.63) is 21.9 Å². The first kappa shape index (κ1) is 14.9. The Bertz CT molecular complexity index is 463. The molecule has 1 aromatic rings. The first-order chi connectivity index (χ1) is 8.21. The summed E-state index contributed by atoms with van der Waals surface area (Å²) < 4.78 is 0. The zero-order chi connectivity index (χ0) is 14.1. The number of aliphatic carboxylic acids is 1. The number of hydrogen-bond donors (Lipinski definition) is 2. The highest BCUT2D eigenvalue weighted by Crippen LogP contribution is 2.24. The maximum atomic E-state index is 12.2. The van der Waals surface area contributed by atoms with E-state index >= 15 is 0 Å². The molecule has 5 nitrogen and oxygen atoms in total. The van der Waals surface area contributed by atoms with Gasteiger partial charge >= 0.3 is 5.97 Å². The topological polar surface area (TPSA) is 73.4 Å². The van der Waals surface area contributed by atoms with Crippen molar-refractivity contribution in [2.24, 2.45) is 0 Å². The van der Waals surface area contributed by atoms with Crippen LogP contribution in [0.5, 0.6) is 0 Å². The zero-order valence-corrected chi connectivity index (χ0v) is 11.8. The summed E-state index contributed by atoms with van der Waals surface area (Å²) in [5, 5.41) is 9.52. The zero-order valence-electron chi connectivity index (χ0n) is 10.3. The molecule has 0 spiro atoms. The Hall–Kier alpha value is -1.20. The van der Waals surface area contributed by atoms with E-state index in [0.29, 0.717) is 0 Å². The lowest BCUT2D eigenvalue weighted by molar-refractivity contribution is -0.147. The van der Waals surface area contributed by atoms with E-state index in [1.165, 1.54) is 24.8 Å². The van der Waals surface area contributed by atoms with Crippen molar-refractivity contribution in [1.29, 1.82) is 0 Å². The van der Waals surface area contributed by atoms with E-state index in [9.17, 15) is 9.59 Å². The van der Waals surface area contributed by atoms with Crippen LogP contribution in [-0.4, -0.2) is 39.0 Å². The van der Waals surface area contributed by atoms with Gasteiger partial charge in [0.2, 0.25) is 0 Å². The average Bonchev–Trinajstić information content (AvgIpc) is 2.59. The Kier molecular flexibility index (Phi) is 4.29. The fourth-order valence-corrected chi connectivity index (χ4v) is 1.89. The van der Waals surface area contributed by atoms with Crippen LogP contribution in [0.3, 0.4) is 0 Å². The summed E-state index contributed by atoms with van der Waals surface area (Å²) in [6, 6.07) is 1.38. The summed E-state index contributed by atoms with van der Waals surface area (Å²) in [5.74, 6) is -1.54. The van der Waals surface area contributed by atoms with Gasteiger partial charge in [-0.25, -0.2) is 4.79 Å². The van der Waals surface area contributed by atoms with Crippen LogP contribution in [0.1, 0.15) is 31.3 Å². The maximum absolute atomic E-state index is 12.2. The van der Waals surface area contributed by atoms with Gasteiger partial charge in [-0.1, -0.05) is 23.2 Å². The van der Waals surface area contributed by atoms with Crippen LogP contribution < -0.4 is 0 Å². The molecule has 0 aliphatic heterocycles. The summed E-state index contributed by atoms with van der Waals surface area (Å²) in [6.45, 7) is 4.88. The Labute approximate surface area is 115 Å². The highest BCUT2D eigenvalue weighted by Gasteiger charge is 2.37. The first-order valence-corrected chi connectivity index (χ1v) is 6.06. The van der Waals surface area contributed by atoms with Crippen LogP contribution in [0, 0.1) is 0 Å². The molecule has 0 aromatic carbocycles. The highest BCUT2D eigenvalue weighted by molar-refractivity contribution is 6.41. The Morgan fingerprint density at radius 3 is 2.33 bits per heavy atom. The molecule has 0 saturated carbocycles. The molecule has 0 saturated heterocycles. The molecule has 100 valence electrons. The molecule has 7 heteroatoms. The predicted molar refractivity (Wildman–Crippen MR) is 69.2 cm³/mol. The van der Waals surface area contributed by atoms with Gasteiger partial charge in [0.1, 0.15) is 16.4 Å². The fraction of sp³-hybridized carbons (Fsp3) is 0.455. The molecule has 2 N–H and O–H groups in total. The molecule has 0 unspecified atom stereocenters. The third-order valence-corrected chi connectivity index (χ3v) is 3.41. The molecule has 1 aromatic heterocycles. The Morgan fingerprint density at radius 2 is 2.00 bits per heavy atom. The number of nitrogens with one attached hydrogen (secondary N) is 1. The monoisotopic (exact) mass is 292 g/mol. The van der Waals surface area contributed by atoms with Crippen LogP contribution in [0.4, 0.5) is 0 Å². The van der Waals surface area contributed by atoms with E-state index < -0.39 is 17.4 Å². The van der Waals surface area contributed by atoms with Crippen LogP contribution in [-0.2, 0) is 4.79 Å². The second-order valence-electron chi connectivity index (χ2n) is 4.26. The normalized spacial score (nSPS) is 11.4. The summed E-state index contributed by atoms with van der Waals surface area (Å²) in [7, 11) is 0. The van der Waals surface area contributed by atoms with E-state index in [0.717, 1.165) is 0 Å². The highest BCUT2D eigenvalue weighted by atomic mass is 35.5. The third-order valence-electron chi connectivity index (χ3n) is 2.72. The van der Waals surface area contributed by atoms with Gasteiger partial charge in [-0.05, 0) is 26.8 Å². The van der Waals surface area contributed by atoms with E-state index in [4.69, 9.17) is 28.3 Å². The smallest absolute Gasteiger partial charge is 0.329 e. The van der Waals surface area contributed by atoms with E-state index in [1.54, 1.807) is 6.92 Å². The van der Waals surface area contributed by atoms with Crippen LogP contribution in [0.15, 0.2) is 6.07 Å². The third kappa shape index (κ3) is 2.62. The van der Waals surface area contributed by atoms with E-state index in [1.807, 2.05) is 0 Å². The number of aromatic nitrogens is 1. The molecule has 0 bridgehead atoms.